The Morgan fingerprint density at radius 2 is 1.87 bits per heavy atom. The van der Waals surface area contributed by atoms with Crippen molar-refractivity contribution in [2.75, 3.05) is 17.2 Å². The molecular formula is C17H19N5O. The van der Waals surface area contributed by atoms with E-state index in [1.165, 1.54) is 12.4 Å². The van der Waals surface area contributed by atoms with Crippen LogP contribution in [0.25, 0.3) is 0 Å². The lowest BCUT2D eigenvalue weighted by atomic mass is 10.1. The minimum absolute atomic E-state index is 0.288. The van der Waals surface area contributed by atoms with Crippen molar-refractivity contribution in [3.8, 4) is 6.07 Å². The fourth-order valence-corrected chi connectivity index (χ4v) is 1.84. The molecule has 1 heterocycles. The molecule has 6 heteroatoms. The van der Waals surface area contributed by atoms with Crippen LogP contribution < -0.4 is 10.6 Å². The molecule has 0 fully saturated rings. The van der Waals surface area contributed by atoms with Gasteiger partial charge in [-0.05, 0) is 36.6 Å². The van der Waals surface area contributed by atoms with Gasteiger partial charge in [-0.15, -0.1) is 0 Å². The minimum Gasteiger partial charge on any atom is -0.354 e. The molecule has 118 valence electrons. The summed E-state index contributed by atoms with van der Waals surface area (Å²) in [6, 6.07) is 8.68. The number of hydrogen-bond acceptors (Lipinski definition) is 5. The number of anilines is 2. The lowest BCUT2D eigenvalue weighted by Gasteiger charge is -2.08. The molecular weight excluding hydrogens is 290 g/mol. The third-order valence-corrected chi connectivity index (χ3v) is 3.19. The number of nitrogens with one attached hydrogen (secondary N) is 2. The molecule has 0 spiro atoms. The maximum Gasteiger partial charge on any atom is 0.258 e. The van der Waals surface area contributed by atoms with Crippen molar-refractivity contribution < 1.29 is 4.79 Å². The van der Waals surface area contributed by atoms with Crippen molar-refractivity contribution in [1.82, 2.24) is 9.97 Å². The molecule has 0 saturated carbocycles. The van der Waals surface area contributed by atoms with E-state index in [0.717, 1.165) is 13.0 Å². The summed E-state index contributed by atoms with van der Waals surface area (Å²) in [6.07, 6.45) is 4.01. The van der Waals surface area contributed by atoms with Crippen LogP contribution in [0.3, 0.4) is 0 Å². The van der Waals surface area contributed by atoms with Gasteiger partial charge in [0.15, 0.2) is 0 Å². The van der Waals surface area contributed by atoms with E-state index in [9.17, 15) is 4.79 Å². The SMILES string of the molecule is CC(C)CCNc1ncc(C(=O)Nc2ccc(C#N)cc2)cn1. The Morgan fingerprint density at radius 1 is 1.22 bits per heavy atom. The van der Waals surface area contributed by atoms with Crippen molar-refractivity contribution in [1.29, 1.82) is 5.26 Å². The smallest absolute Gasteiger partial charge is 0.258 e. The maximum absolute atomic E-state index is 12.1. The van der Waals surface area contributed by atoms with Crippen LogP contribution >= 0.6 is 0 Å². The number of hydrogen-bond donors (Lipinski definition) is 2. The highest BCUT2D eigenvalue weighted by molar-refractivity contribution is 6.03. The molecule has 6 nitrogen and oxygen atoms in total. The summed E-state index contributed by atoms with van der Waals surface area (Å²) in [5.41, 5.74) is 1.54. The predicted octanol–water partition coefficient (Wildman–Crippen LogP) is 3.06. The largest absolute Gasteiger partial charge is 0.354 e. The van der Waals surface area contributed by atoms with Gasteiger partial charge >= 0.3 is 0 Å². The number of amides is 1. The normalized spacial score (nSPS) is 10.2. The highest BCUT2D eigenvalue weighted by Gasteiger charge is 2.08. The highest BCUT2D eigenvalue weighted by Crippen LogP contribution is 2.11. The van der Waals surface area contributed by atoms with E-state index in [0.29, 0.717) is 28.7 Å². The van der Waals surface area contributed by atoms with Crippen LogP contribution in [0, 0.1) is 17.2 Å². The summed E-state index contributed by atoms with van der Waals surface area (Å²) in [5.74, 6) is 0.837. The molecule has 0 atom stereocenters. The van der Waals surface area contributed by atoms with Crippen LogP contribution in [0.4, 0.5) is 11.6 Å². The Hall–Kier alpha value is -2.94. The second kappa shape index (κ2) is 7.90. The number of nitrogens with zero attached hydrogens (tertiary/aromatic N) is 3. The maximum atomic E-state index is 12.1. The van der Waals surface area contributed by atoms with Gasteiger partial charge in [-0.25, -0.2) is 9.97 Å². The molecule has 0 saturated heterocycles. The third-order valence-electron chi connectivity index (χ3n) is 3.19. The van der Waals surface area contributed by atoms with Gasteiger partial charge in [0.25, 0.3) is 5.91 Å². The summed E-state index contributed by atoms with van der Waals surface area (Å²) in [4.78, 5) is 20.4. The molecule has 1 aromatic heterocycles. The molecule has 2 rings (SSSR count). The highest BCUT2D eigenvalue weighted by atomic mass is 16.1. The van der Waals surface area contributed by atoms with Crippen LogP contribution in [0.15, 0.2) is 36.7 Å². The number of carbonyl (C=O) groups is 1. The minimum atomic E-state index is -0.288. The molecule has 0 radical (unpaired) electrons. The first-order valence-corrected chi connectivity index (χ1v) is 7.46. The van der Waals surface area contributed by atoms with E-state index in [2.05, 4.69) is 34.4 Å². The molecule has 0 bridgehead atoms. The second-order valence-corrected chi connectivity index (χ2v) is 5.55. The fraction of sp³-hybridized carbons (Fsp3) is 0.294. The van der Waals surface area contributed by atoms with Gasteiger partial charge in [0.2, 0.25) is 5.95 Å². The van der Waals surface area contributed by atoms with Crippen LogP contribution in [-0.4, -0.2) is 22.4 Å². The van der Waals surface area contributed by atoms with Crippen molar-refractivity contribution >= 4 is 17.5 Å². The molecule has 0 aliphatic rings. The summed E-state index contributed by atoms with van der Waals surface area (Å²) in [5, 5.41) is 14.6. The van der Waals surface area contributed by atoms with Crippen LogP contribution in [0.5, 0.6) is 0 Å². The van der Waals surface area contributed by atoms with Crippen LogP contribution in [0.1, 0.15) is 36.2 Å². The number of nitriles is 1. The fourth-order valence-electron chi connectivity index (χ4n) is 1.84. The lowest BCUT2D eigenvalue weighted by Crippen LogP contribution is -2.14. The zero-order valence-electron chi connectivity index (χ0n) is 13.2. The predicted molar refractivity (Wildman–Crippen MR) is 89.1 cm³/mol. The average molecular weight is 309 g/mol. The van der Waals surface area contributed by atoms with Gasteiger partial charge < -0.3 is 10.6 Å². The molecule has 1 amide bonds. The zero-order valence-corrected chi connectivity index (χ0v) is 13.2. The topological polar surface area (TPSA) is 90.7 Å². The Balaban J connectivity index is 1.93. The summed E-state index contributed by atoms with van der Waals surface area (Å²) in [6.45, 7) is 5.10. The molecule has 23 heavy (non-hydrogen) atoms. The molecule has 1 aromatic carbocycles. The van der Waals surface area contributed by atoms with E-state index in [1.807, 2.05) is 6.07 Å². The van der Waals surface area contributed by atoms with Crippen LogP contribution in [0.2, 0.25) is 0 Å². The number of benzene rings is 1. The quantitative estimate of drug-likeness (QED) is 0.855. The second-order valence-electron chi connectivity index (χ2n) is 5.55. The summed E-state index contributed by atoms with van der Waals surface area (Å²) in [7, 11) is 0. The van der Waals surface area contributed by atoms with Crippen molar-refractivity contribution in [3.63, 3.8) is 0 Å². The standard InChI is InChI=1S/C17H19N5O/c1-12(2)7-8-19-17-20-10-14(11-21-17)16(23)22-15-5-3-13(9-18)4-6-15/h3-6,10-12H,7-8H2,1-2H3,(H,22,23)(H,19,20,21). The molecule has 0 unspecified atom stereocenters. The monoisotopic (exact) mass is 309 g/mol. The Labute approximate surface area is 135 Å². The van der Waals surface area contributed by atoms with Gasteiger partial charge in [-0.1, -0.05) is 13.8 Å². The van der Waals surface area contributed by atoms with Crippen LogP contribution in [-0.2, 0) is 0 Å². The zero-order chi connectivity index (χ0) is 16.7. The van der Waals surface area contributed by atoms with E-state index < -0.39 is 0 Å². The lowest BCUT2D eigenvalue weighted by molar-refractivity contribution is 0.102. The van der Waals surface area contributed by atoms with Gasteiger partial charge in [0.1, 0.15) is 0 Å². The number of rotatable bonds is 6. The molecule has 2 aromatic rings. The molecule has 0 aliphatic heterocycles. The first-order chi connectivity index (χ1) is 11.1. The summed E-state index contributed by atoms with van der Waals surface area (Å²) >= 11 is 0. The Morgan fingerprint density at radius 3 is 2.43 bits per heavy atom. The number of carbonyl (C=O) groups excluding carboxylic acids is 1. The summed E-state index contributed by atoms with van der Waals surface area (Å²) < 4.78 is 0. The average Bonchev–Trinajstić information content (AvgIpc) is 2.56. The van der Waals surface area contributed by atoms with Gasteiger partial charge in [-0.2, -0.15) is 5.26 Å². The van der Waals surface area contributed by atoms with E-state index in [4.69, 9.17) is 5.26 Å². The molecule has 2 N–H and O–H groups in total. The van der Waals surface area contributed by atoms with Gasteiger partial charge in [0, 0.05) is 24.6 Å². The third kappa shape index (κ3) is 5.08. The van der Waals surface area contributed by atoms with Crippen molar-refractivity contribution in [2.45, 2.75) is 20.3 Å². The van der Waals surface area contributed by atoms with E-state index in [-0.39, 0.29) is 5.91 Å². The molecule has 0 aliphatic carbocycles. The first-order valence-electron chi connectivity index (χ1n) is 7.46. The first kappa shape index (κ1) is 16.4. The van der Waals surface area contributed by atoms with E-state index in [1.54, 1.807) is 24.3 Å². The Kier molecular flexibility index (Phi) is 5.64. The van der Waals surface area contributed by atoms with Gasteiger partial charge in [-0.3, -0.25) is 4.79 Å². The van der Waals surface area contributed by atoms with Crippen molar-refractivity contribution in [3.05, 3.63) is 47.8 Å². The number of aromatic nitrogens is 2. The van der Waals surface area contributed by atoms with Gasteiger partial charge in [0.05, 0.1) is 17.2 Å². The Bertz CT molecular complexity index is 686. The van der Waals surface area contributed by atoms with Crippen molar-refractivity contribution in [2.24, 2.45) is 5.92 Å². The van der Waals surface area contributed by atoms with E-state index >= 15 is 0 Å².